The summed E-state index contributed by atoms with van der Waals surface area (Å²) in [6.07, 6.45) is 3.62. The van der Waals surface area contributed by atoms with Gasteiger partial charge in [-0.05, 0) is 18.4 Å². The molecule has 1 aliphatic heterocycles. The van der Waals surface area contributed by atoms with E-state index in [0.29, 0.717) is 30.7 Å². The summed E-state index contributed by atoms with van der Waals surface area (Å²) in [5, 5.41) is 4.01. The van der Waals surface area contributed by atoms with Gasteiger partial charge >= 0.3 is 0 Å². The number of ether oxygens (including phenoxy) is 2. The zero-order chi connectivity index (χ0) is 13.4. The predicted molar refractivity (Wildman–Crippen MR) is 70.6 cm³/mol. The molecule has 1 aromatic heterocycles. The normalized spacial score (nSPS) is 19.7. The second kappa shape index (κ2) is 4.37. The van der Waals surface area contributed by atoms with Crippen LogP contribution in [0.25, 0.3) is 5.76 Å². The highest BCUT2D eigenvalue weighted by atomic mass is 16.6. The van der Waals surface area contributed by atoms with Crippen LogP contribution >= 0.6 is 0 Å². The second-order valence-corrected chi connectivity index (χ2v) is 5.07. The van der Waals surface area contributed by atoms with Crippen molar-refractivity contribution in [2.24, 2.45) is 0 Å². The molecule has 2 aromatic rings. The molecule has 0 spiro atoms. The summed E-state index contributed by atoms with van der Waals surface area (Å²) < 4.78 is 16.2. The maximum absolute atomic E-state index is 5.47. The van der Waals surface area contributed by atoms with Gasteiger partial charge in [-0.15, -0.1) is 0 Å². The van der Waals surface area contributed by atoms with Crippen LogP contribution in [-0.2, 0) is 14.9 Å². The van der Waals surface area contributed by atoms with Crippen LogP contribution in [0.5, 0.6) is 0 Å². The van der Waals surface area contributed by atoms with E-state index in [1.165, 1.54) is 5.56 Å². The Morgan fingerprint density at radius 3 is 2.60 bits per heavy atom. The molecule has 0 unspecified atom stereocenters. The van der Waals surface area contributed by atoms with E-state index in [0.717, 1.165) is 12.8 Å². The molecule has 5 heteroatoms. The third-order valence-corrected chi connectivity index (χ3v) is 3.78. The second-order valence-electron chi connectivity index (χ2n) is 5.07. The predicted octanol–water partition coefficient (Wildman–Crippen LogP) is 2.49. The molecule has 1 fully saturated rings. The first-order valence-corrected chi connectivity index (χ1v) is 6.73. The van der Waals surface area contributed by atoms with E-state index >= 15 is 0 Å². The van der Waals surface area contributed by atoms with E-state index in [-0.39, 0.29) is 5.41 Å². The van der Waals surface area contributed by atoms with E-state index in [9.17, 15) is 0 Å². The standard InChI is InChI=1S/C15H14N2O3/c1-2-4-11(5-3-1)15(6-7-15)14-16-13(17-20-14)12-10-18-8-9-19-12/h1-5,10H,6-9H2. The summed E-state index contributed by atoms with van der Waals surface area (Å²) in [6.45, 7) is 1.07. The highest BCUT2D eigenvalue weighted by Crippen LogP contribution is 2.52. The van der Waals surface area contributed by atoms with Crippen LogP contribution in [0.3, 0.4) is 0 Å². The van der Waals surface area contributed by atoms with Crippen LogP contribution in [-0.4, -0.2) is 23.4 Å². The third-order valence-electron chi connectivity index (χ3n) is 3.78. The van der Waals surface area contributed by atoms with Crippen molar-refractivity contribution in [2.75, 3.05) is 13.2 Å². The van der Waals surface area contributed by atoms with E-state index in [4.69, 9.17) is 14.0 Å². The van der Waals surface area contributed by atoms with Gasteiger partial charge in [0, 0.05) is 0 Å². The molecule has 102 valence electrons. The van der Waals surface area contributed by atoms with Gasteiger partial charge in [0.1, 0.15) is 19.5 Å². The van der Waals surface area contributed by atoms with Crippen LogP contribution < -0.4 is 0 Å². The summed E-state index contributed by atoms with van der Waals surface area (Å²) in [6, 6.07) is 10.3. The van der Waals surface area contributed by atoms with Crippen LogP contribution in [0.2, 0.25) is 0 Å². The summed E-state index contributed by atoms with van der Waals surface area (Å²) in [4.78, 5) is 4.49. The molecule has 1 aliphatic carbocycles. The SMILES string of the molecule is C1=C(c2noc(C3(c4ccccc4)CC3)n2)OCCO1. The molecule has 2 aliphatic rings. The van der Waals surface area contributed by atoms with Gasteiger partial charge in [0.15, 0.2) is 0 Å². The Labute approximate surface area is 116 Å². The lowest BCUT2D eigenvalue weighted by molar-refractivity contribution is 0.124. The highest BCUT2D eigenvalue weighted by molar-refractivity contribution is 5.52. The first-order valence-electron chi connectivity index (χ1n) is 6.73. The molecule has 0 N–H and O–H groups in total. The lowest BCUT2D eigenvalue weighted by Crippen LogP contribution is -2.10. The molecular formula is C15H14N2O3. The van der Waals surface area contributed by atoms with Crippen molar-refractivity contribution in [1.29, 1.82) is 0 Å². The van der Waals surface area contributed by atoms with Crippen molar-refractivity contribution in [3.05, 3.63) is 53.9 Å². The maximum Gasteiger partial charge on any atom is 0.240 e. The molecule has 5 nitrogen and oxygen atoms in total. The quantitative estimate of drug-likeness (QED) is 0.857. The Hall–Kier alpha value is -2.30. The van der Waals surface area contributed by atoms with Crippen LogP contribution in [0.1, 0.15) is 30.1 Å². The van der Waals surface area contributed by atoms with Gasteiger partial charge in [0.25, 0.3) is 0 Å². The lowest BCUT2D eigenvalue weighted by Gasteiger charge is -2.12. The topological polar surface area (TPSA) is 57.4 Å². The Morgan fingerprint density at radius 2 is 1.90 bits per heavy atom. The fourth-order valence-corrected chi connectivity index (χ4v) is 2.51. The fraction of sp³-hybridized carbons (Fsp3) is 0.333. The molecule has 4 rings (SSSR count). The average molecular weight is 270 g/mol. The summed E-state index contributed by atoms with van der Waals surface area (Å²) in [5.41, 5.74) is 1.12. The molecule has 2 heterocycles. The van der Waals surface area contributed by atoms with E-state index in [2.05, 4.69) is 22.3 Å². The van der Waals surface area contributed by atoms with Gasteiger partial charge in [0.2, 0.25) is 17.5 Å². The van der Waals surface area contributed by atoms with Crippen molar-refractivity contribution in [3.63, 3.8) is 0 Å². The van der Waals surface area contributed by atoms with Crippen molar-refractivity contribution in [2.45, 2.75) is 18.3 Å². The number of rotatable bonds is 3. The molecule has 0 radical (unpaired) electrons. The van der Waals surface area contributed by atoms with Gasteiger partial charge in [-0.2, -0.15) is 4.98 Å². The van der Waals surface area contributed by atoms with Crippen molar-refractivity contribution in [3.8, 4) is 0 Å². The zero-order valence-electron chi connectivity index (χ0n) is 10.9. The van der Waals surface area contributed by atoms with Gasteiger partial charge in [0.05, 0.1) is 5.41 Å². The monoisotopic (exact) mass is 270 g/mol. The number of nitrogens with zero attached hydrogens (tertiary/aromatic N) is 2. The van der Waals surface area contributed by atoms with E-state index < -0.39 is 0 Å². The summed E-state index contributed by atoms with van der Waals surface area (Å²) >= 11 is 0. The number of benzene rings is 1. The molecule has 0 bridgehead atoms. The average Bonchev–Trinajstić information content (AvgIpc) is 3.19. The van der Waals surface area contributed by atoms with Crippen LogP contribution in [0.4, 0.5) is 0 Å². The van der Waals surface area contributed by atoms with Crippen molar-refractivity contribution in [1.82, 2.24) is 10.1 Å². The Balaban J connectivity index is 1.67. The van der Waals surface area contributed by atoms with Crippen LogP contribution in [0.15, 0.2) is 41.1 Å². The van der Waals surface area contributed by atoms with E-state index in [1.807, 2.05) is 18.2 Å². The highest BCUT2D eigenvalue weighted by Gasteiger charge is 2.51. The largest absolute Gasteiger partial charge is 0.494 e. The summed E-state index contributed by atoms with van der Waals surface area (Å²) in [7, 11) is 0. The number of hydrogen-bond acceptors (Lipinski definition) is 5. The first kappa shape index (κ1) is 11.5. The van der Waals surface area contributed by atoms with E-state index in [1.54, 1.807) is 6.26 Å². The zero-order valence-corrected chi connectivity index (χ0v) is 10.9. The molecule has 1 aromatic carbocycles. The minimum Gasteiger partial charge on any atom is -0.494 e. The smallest absolute Gasteiger partial charge is 0.240 e. The van der Waals surface area contributed by atoms with Crippen molar-refractivity contribution < 1.29 is 14.0 Å². The first-order chi connectivity index (χ1) is 9.88. The summed E-state index contributed by atoms with van der Waals surface area (Å²) in [5.74, 6) is 1.66. The molecule has 20 heavy (non-hydrogen) atoms. The van der Waals surface area contributed by atoms with Crippen molar-refractivity contribution >= 4 is 5.76 Å². The van der Waals surface area contributed by atoms with Gasteiger partial charge in [-0.3, -0.25) is 0 Å². The third kappa shape index (κ3) is 1.78. The minimum absolute atomic E-state index is 0.109. The molecule has 0 amide bonds. The number of aromatic nitrogens is 2. The van der Waals surface area contributed by atoms with Gasteiger partial charge in [-0.25, -0.2) is 0 Å². The Kier molecular flexibility index (Phi) is 2.52. The van der Waals surface area contributed by atoms with Gasteiger partial charge < -0.3 is 14.0 Å². The van der Waals surface area contributed by atoms with Crippen LogP contribution in [0, 0.1) is 0 Å². The molecule has 1 saturated carbocycles. The Morgan fingerprint density at radius 1 is 1.05 bits per heavy atom. The maximum atomic E-state index is 5.47. The minimum atomic E-state index is -0.109. The number of hydrogen-bond donors (Lipinski definition) is 0. The van der Waals surface area contributed by atoms with Gasteiger partial charge in [-0.1, -0.05) is 35.5 Å². The molecule has 0 saturated heterocycles. The Bertz CT molecular complexity index is 644. The lowest BCUT2D eigenvalue weighted by atomic mass is 9.96. The molecule has 0 atom stereocenters. The molecular weight excluding hydrogens is 256 g/mol. The fourth-order valence-electron chi connectivity index (χ4n) is 2.51.